The summed E-state index contributed by atoms with van der Waals surface area (Å²) in [5.74, 6) is 0.671. The van der Waals surface area contributed by atoms with Crippen molar-refractivity contribution in [3.8, 4) is 0 Å². The average molecular weight is 325 g/mol. The fourth-order valence-corrected chi connectivity index (χ4v) is 3.11. The van der Waals surface area contributed by atoms with Gasteiger partial charge in [-0.3, -0.25) is 4.90 Å². The first-order valence-electron chi connectivity index (χ1n) is 7.34. The molecule has 1 aliphatic heterocycles. The van der Waals surface area contributed by atoms with Crippen LogP contribution >= 0.6 is 23.2 Å². The van der Waals surface area contributed by atoms with Gasteiger partial charge in [0.05, 0.1) is 5.02 Å². The molecule has 1 aromatic carbocycles. The zero-order chi connectivity index (χ0) is 14.8. The van der Waals surface area contributed by atoms with Crippen molar-refractivity contribution >= 4 is 39.9 Å². The van der Waals surface area contributed by atoms with E-state index in [9.17, 15) is 0 Å². The largest absolute Gasteiger partial charge is 0.435 e. The van der Waals surface area contributed by atoms with Gasteiger partial charge in [0.25, 0.3) is 0 Å². The summed E-state index contributed by atoms with van der Waals surface area (Å²) >= 11 is 12.1. The standard InChI is InChI=1S/C16H18Cl2N2O/c1-2-3-6-20-7-4-11(5-8-20)16-19-14-10-12(17)9-13(18)15(14)21-16/h4,9-10H,2-3,5-8H2,1H3. The van der Waals surface area contributed by atoms with Crippen LogP contribution in [0.3, 0.4) is 0 Å². The Bertz CT molecular complexity index is 678. The molecular formula is C16H18Cl2N2O. The molecule has 1 aromatic heterocycles. The van der Waals surface area contributed by atoms with Crippen LogP contribution in [0.5, 0.6) is 0 Å². The number of fused-ring (bicyclic) bond motifs is 1. The minimum Gasteiger partial charge on any atom is -0.435 e. The summed E-state index contributed by atoms with van der Waals surface area (Å²) < 4.78 is 5.82. The van der Waals surface area contributed by atoms with Gasteiger partial charge >= 0.3 is 0 Å². The molecule has 0 N–H and O–H groups in total. The Kier molecular flexibility index (Phi) is 4.53. The highest BCUT2D eigenvalue weighted by atomic mass is 35.5. The number of hydrogen-bond acceptors (Lipinski definition) is 3. The third-order valence-corrected chi connectivity index (χ3v) is 4.30. The van der Waals surface area contributed by atoms with E-state index in [1.54, 1.807) is 12.1 Å². The van der Waals surface area contributed by atoms with Crippen molar-refractivity contribution in [1.82, 2.24) is 9.88 Å². The Balaban J connectivity index is 1.82. The van der Waals surface area contributed by atoms with E-state index in [-0.39, 0.29) is 0 Å². The molecular weight excluding hydrogens is 307 g/mol. The van der Waals surface area contributed by atoms with E-state index in [0.717, 1.165) is 37.1 Å². The van der Waals surface area contributed by atoms with Crippen molar-refractivity contribution in [3.05, 3.63) is 34.1 Å². The van der Waals surface area contributed by atoms with E-state index in [1.807, 2.05) is 0 Å². The highest BCUT2D eigenvalue weighted by Crippen LogP contribution is 2.31. The van der Waals surface area contributed by atoms with Crippen molar-refractivity contribution in [2.45, 2.75) is 26.2 Å². The molecule has 3 rings (SSSR count). The summed E-state index contributed by atoms with van der Waals surface area (Å²) in [4.78, 5) is 6.98. The average Bonchev–Trinajstić information content (AvgIpc) is 2.90. The number of unbranched alkanes of at least 4 members (excludes halogenated alkanes) is 1. The molecule has 3 nitrogen and oxygen atoms in total. The van der Waals surface area contributed by atoms with Gasteiger partial charge in [0.1, 0.15) is 5.52 Å². The van der Waals surface area contributed by atoms with Crippen LogP contribution in [-0.4, -0.2) is 29.5 Å². The van der Waals surface area contributed by atoms with E-state index < -0.39 is 0 Å². The molecule has 5 heteroatoms. The molecule has 0 unspecified atom stereocenters. The number of nitrogens with zero attached hydrogens (tertiary/aromatic N) is 2. The number of rotatable bonds is 4. The number of aromatic nitrogens is 1. The normalized spacial score (nSPS) is 16.4. The van der Waals surface area contributed by atoms with Crippen molar-refractivity contribution < 1.29 is 4.42 Å². The van der Waals surface area contributed by atoms with Crippen LogP contribution < -0.4 is 0 Å². The van der Waals surface area contributed by atoms with Crippen LogP contribution in [-0.2, 0) is 0 Å². The Hall–Kier alpha value is -1.03. The van der Waals surface area contributed by atoms with E-state index in [2.05, 4.69) is 22.9 Å². The lowest BCUT2D eigenvalue weighted by Gasteiger charge is -2.24. The van der Waals surface area contributed by atoms with E-state index in [4.69, 9.17) is 27.6 Å². The number of halogens is 2. The third kappa shape index (κ3) is 3.25. The van der Waals surface area contributed by atoms with Gasteiger partial charge in [0, 0.05) is 23.7 Å². The fourth-order valence-electron chi connectivity index (χ4n) is 2.59. The maximum absolute atomic E-state index is 6.15. The summed E-state index contributed by atoms with van der Waals surface area (Å²) in [7, 11) is 0. The third-order valence-electron chi connectivity index (χ3n) is 3.81. The first-order valence-corrected chi connectivity index (χ1v) is 8.10. The number of hydrogen-bond donors (Lipinski definition) is 0. The SMILES string of the molecule is CCCCN1CC=C(c2nc3cc(Cl)cc(Cl)c3o2)CC1. The second-order valence-corrected chi connectivity index (χ2v) is 6.23. The number of oxazole rings is 1. The van der Waals surface area contributed by atoms with Gasteiger partial charge in [0.2, 0.25) is 5.89 Å². The van der Waals surface area contributed by atoms with E-state index >= 15 is 0 Å². The van der Waals surface area contributed by atoms with Gasteiger partial charge in [0.15, 0.2) is 5.58 Å². The van der Waals surface area contributed by atoms with Crippen LogP contribution in [0.4, 0.5) is 0 Å². The predicted molar refractivity (Wildman–Crippen MR) is 88.0 cm³/mol. The van der Waals surface area contributed by atoms with Crippen LogP contribution in [0.2, 0.25) is 10.0 Å². The predicted octanol–water partition coefficient (Wildman–Crippen LogP) is 5.02. The molecule has 0 saturated carbocycles. The summed E-state index contributed by atoms with van der Waals surface area (Å²) in [6.45, 7) is 5.40. The maximum atomic E-state index is 6.15. The lowest BCUT2D eigenvalue weighted by atomic mass is 10.1. The Morgan fingerprint density at radius 1 is 1.33 bits per heavy atom. The van der Waals surface area contributed by atoms with Gasteiger partial charge < -0.3 is 4.42 Å². The molecule has 0 bridgehead atoms. The molecule has 2 heterocycles. The molecule has 0 saturated heterocycles. The van der Waals surface area contributed by atoms with Crippen LogP contribution in [0.15, 0.2) is 22.6 Å². The van der Waals surface area contributed by atoms with Gasteiger partial charge in [-0.15, -0.1) is 0 Å². The van der Waals surface area contributed by atoms with Crippen molar-refractivity contribution in [2.24, 2.45) is 0 Å². The second kappa shape index (κ2) is 6.39. The fraction of sp³-hybridized carbons (Fsp3) is 0.438. The molecule has 0 amide bonds. The number of benzene rings is 1. The topological polar surface area (TPSA) is 29.3 Å². The quantitative estimate of drug-likeness (QED) is 0.790. The van der Waals surface area contributed by atoms with Gasteiger partial charge in [-0.1, -0.05) is 42.6 Å². The summed E-state index contributed by atoms with van der Waals surface area (Å²) in [6, 6.07) is 3.47. The molecule has 0 aliphatic carbocycles. The Labute approximate surface area is 134 Å². The first kappa shape index (κ1) is 14.9. The van der Waals surface area contributed by atoms with Crippen molar-refractivity contribution in [1.29, 1.82) is 0 Å². The van der Waals surface area contributed by atoms with Crippen LogP contribution in [0.25, 0.3) is 16.7 Å². The van der Waals surface area contributed by atoms with Crippen LogP contribution in [0, 0.1) is 0 Å². The minimum absolute atomic E-state index is 0.511. The smallest absolute Gasteiger partial charge is 0.223 e. The second-order valence-electron chi connectivity index (χ2n) is 5.39. The highest BCUT2D eigenvalue weighted by molar-refractivity contribution is 6.38. The summed E-state index contributed by atoms with van der Waals surface area (Å²) in [5, 5.41) is 1.09. The van der Waals surface area contributed by atoms with Gasteiger partial charge in [-0.05, 0) is 31.5 Å². The summed E-state index contributed by atoms with van der Waals surface area (Å²) in [5.41, 5.74) is 2.49. The lowest BCUT2D eigenvalue weighted by molar-refractivity contribution is 0.295. The van der Waals surface area contributed by atoms with Gasteiger partial charge in [-0.2, -0.15) is 0 Å². The van der Waals surface area contributed by atoms with E-state index in [1.165, 1.54) is 12.8 Å². The summed E-state index contributed by atoms with van der Waals surface area (Å²) in [6.07, 6.45) is 5.65. The zero-order valence-electron chi connectivity index (χ0n) is 12.0. The Morgan fingerprint density at radius 3 is 2.90 bits per heavy atom. The molecule has 1 aliphatic rings. The molecule has 0 fully saturated rings. The molecule has 0 radical (unpaired) electrons. The van der Waals surface area contributed by atoms with Crippen molar-refractivity contribution in [3.63, 3.8) is 0 Å². The lowest BCUT2D eigenvalue weighted by Crippen LogP contribution is -2.29. The maximum Gasteiger partial charge on any atom is 0.223 e. The molecule has 2 aromatic rings. The van der Waals surface area contributed by atoms with Gasteiger partial charge in [-0.25, -0.2) is 4.98 Å². The molecule has 21 heavy (non-hydrogen) atoms. The molecule has 112 valence electrons. The minimum atomic E-state index is 0.511. The zero-order valence-corrected chi connectivity index (χ0v) is 13.5. The molecule has 0 spiro atoms. The van der Waals surface area contributed by atoms with E-state index in [0.29, 0.717) is 21.5 Å². The Morgan fingerprint density at radius 2 is 2.19 bits per heavy atom. The highest BCUT2D eigenvalue weighted by Gasteiger charge is 2.18. The monoisotopic (exact) mass is 324 g/mol. The van der Waals surface area contributed by atoms with Crippen molar-refractivity contribution in [2.75, 3.05) is 19.6 Å². The molecule has 0 atom stereocenters. The first-order chi connectivity index (χ1) is 10.2. The van der Waals surface area contributed by atoms with Crippen LogP contribution in [0.1, 0.15) is 32.1 Å².